The third-order valence-corrected chi connectivity index (χ3v) is 3.45. The number of anilines is 1. The molecule has 1 aromatic rings. The molecule has 0 saturated carbocycles. The van der Waals surface area contributed by atoms with E-state index in [-0.39, 0.29) is 0 Å². The van der Waals surface area contributed by atoms with Crippen LogP contribution in [0.25, 0.3) is 0 Å². The smallest absolute Gasteiger partial charge is 0.144 e. The van der Waals surface area contributed by atoms with E-state index in [0.717, 1.165) is 29.7 Å². The number of hydrogen-bond acceptors (Lipinski definition) is 4. The second-order valence-corrected chi connectivity index (χ2v) is 4.85. The van der Waals surface area contributed by atoms with Crippen LogP contribution in [0.1, 0.15) is 30.7 Å². The molecule has 1 aromatic heterocycles. The molecule has 1 saturated heterocycles. The van der Waals surface area contributed by atoms with Crippen molar-refractivity contribution in [3.05, 3.63) is 17.6 Å². The maximum atomic E-state index is 4.47. The average molecular weight is 234 g/mol. The molecular weight excluding hydrogens is 212 g/mol. The molecule has 2 heterocycles. The second kappa shape index (κ2) is 5.96. The Kier molecular flexibility index (Phi) is 4.31. The van der Waals surface area contributed by atoms with E-state index < -0.39 is 0 Å². The van der Waals surface area contributed by atoms with E-state index in [2.05, 4.69) is 20.6 Å². The number of rotatable bonds is 4. The Labute approximate surface area is 103 Å². The molecule has 4 heteroatoms. The monoisotopic (exact) mass is 234 g/mol. The van der Waals surface area contributed by atoms with Crippen LogP contribution in [-0.4, -0.2) is 29.6 Å². The van der Waals surface area contributed by atoms with Crippen LogP contribution in [0.5, 0.6) is 0 Å². The minimum absolute atomic E-state index is 0.816. The van der Waals surface area contributed by atoms with Gasteiger partial charge in [0.2, 0.25) is 0 Å². The first-order valence-corrected chi connectivity index (χ1v) is 6.50. The number of aryl methyl sites for hydroxylation is 2. The number of piperidine rings is 1. The number of aromatic nitrogens is 2. The molecule has 2 rings (SSSR count). The van der Waals surface area contributed by atoms with Gasteiger partial charge in [0.1, 0.15) is 5.82 Å². The number of nitrogens with zero attached hydrogens (tertiary/aromatic N) is 2. The van der Waals surface area contributed by atoms with E-state index >= 15 is 0 Å². The maximum Gasteiger partial charge on any atom is 0.144 e. The lowest BCUT2D eigenvalue weighted by molar-refractivity contribution is 0.364. The molecule has 0 bridgehead atoms. The van der Waals surface area contributed by atoms with Gasteiger partial charge in [-0.05, 0) is 52.1 Å². The second-order valence-electron chi connectivity index (χ2n) is 4.85. The summed E-state index contributed by atoms with van der Waals surface area (Å²) in [6.45, 7) is 7.33. The maximum absolute atomic E-state index is 4.47. The Morgan fingerprint density at radius 2 is 2.29 bits per heavy atom. The van der Waals surface area contributed by atoms with Crippen molar-refractivity contribution in [2.45, 2.75) is 33.1 Å². The molecule has 0 aromatic carbocycles. The molecule has 94 valence electrons. The van der Waals surface area contributed by atoms with E-state index in [1.165, 1.54) is 32.4 Å². The van der Waals surface area contributed by atoms with Gasteiger partial charge >= 0.3 is 0 Å². The van der Waals surface area contributed by atoms with Gasteiger partial charge < -0.3 is 10.6 Å². The average Bonchev–Trinajstić information content (AvgIpc) is 2.35. The summed E-state index contributed by atoms with van der Waals surface area (Å²) in [5, 5.41) is 6.80. The summed E-state index contributed by atoms with van der Waals surface area (Å²) in [4.78, 5) is 8.77. The summed E-state index contributed by atoms with van der Waals surface area (Å²) in [5.74, 6) is 1.72. The van der Waals surface area contributed by atoms with Gasteiger partial charge in [0.15, 0.2) is 0 Å². The SMILES string of the molecule is Cc1ncc(NCCC2CCCNC2)nc1C. The van der Waals surface area contributed by atoms with Gasteiger partial charge in [-0.15, -0.1) is 0 Å². The predicted molar refractivity (Wildman–Crippen MR) is 70.2 cm³/mol. The Balaban J connectivity index is 1.75. The van der Waals surface area contributed by atoms with Gasteiger partial charge in [-0.2, -0.15) is 0 Å². The van der Waals surface area contributed by atoms with Crippen molar-refractivity contribution in [2.24, 2.45) is 5.92 Å². The zero-order valence-corrected chi connectivity index (χ0v) is 10.8. The Morgan fingerprint density at radius 1 is 1.41 bits per heavy atom. The molecule has 1 aliphatic heterocycles. The first-order valence-electron chi connectivity index (χ1n) is 6.50. The summed E-state index contributed by atoms with van der Waals surface area (Å²) in [7, 11) is 0. The topological polar surface area (TPSA) is 49.8 Å². The lowest BCUT2D eigenvalue weighted by Crippen LogP contribution is -2.30. The van der Waals surface area contributed by atoms with Crippen molar-refractivity contribution >= 4 is 5.82 Å². The van der Waals surface area contributed by atoms with Crippen LogP contribution in [0.2, 0.25) is 0 Å². The fourth-order valence-electron chi connectivity index (χ4n) is 2.20. The lowest BCUT2D eigenvalue weighted by Gasteiger charge is -2.22. The highest BCUT2D eigenvalue weighted by atomic mass is 15.0. The molecule has 0 radical (unpaired) electrons. The van der Waals surface area contributed by atoms with Crippen molar-refractivity contribution in [2.75, 3.05) is 25.0 Å². The molecule has 2 N–H and O–H groups in total. The Bertz CT molecular complexity index is 358. The van der Waals surface area contributed by atoms with Crippen molar-refractivity contribution in [3.63, 3.8) is 0 Å². The van der Waals surface area contributed by atoms with E-state index in [1.54, 1.807) is 0 Å². The first kappa shape index (κ1) is 12.3. The van der Waals surface area contributed by atoms with E-state index in [4.69, 9.17) is 0 Å². The summed E-state index contributed by atoms with van der Waals surface area (Å²) in [6, 6.07) is 0. The lowest BCUT2D eigenvalue weighted by atomic mass is 9.96. The molecular formula is C13H22N4. The van der Waals surface area contributed by atoms with Gasteiger partial charge in [0.25, 0.3) is 0 Å². The Hall–Kier alpha value is -1.16. The van der Waals surface area contributed by atoms with Crippen LogP contribution in [0.15, 0.2) is 6.20 Å². The molecule has 1 aliphatic rings. The summed E-state index contributed by atoms with van der Waals surface area (Å²) < 4.78 is 0. The zero-order valence-electron chi connectivity index (χ0n) is 10.8. The van der Waals surface area contributed by atoms with Crippen LogP contribution in [0, 0.1) is 19.8 Å². The minimum Gasteiger partial charge on any atom is -0.369 e. The highest BCUT2D eigenvalue weighted by Gasteiger charge is 2.12. The van der Waals surface area contributed by atoms with Crippen molar-refractivity contribution < 1.29 is 0 Å². The normalized spacial score (nSPS) is 20.2. The fourth-order valence-corrected chi connectivity index (χ4v) is 2.20. The quantitative estimate of drug-likeness (QED) is 0.835. The van der Waals surface area contributed by atoms with E-state index in [9.17, 15) is 0 Å². The summed E-state index contributed by atoms with van der Waals surface area (Å²) >= 11 is 0. The van der Waals surface area contributed by atoms with Crippen LogP contribution in [0.3, 0.4) is 0 Å². The highest BCUT2D eigenvalue weighted by molar-refractivity contribution is 5.33. The molecule has 1 fully saturated rings. The Morgan fingerprint density at radius 3 is 3.00 bits per heavy atom. The predicted octanol–water partition coefficient (Wildman–Crippen LogP) is 1.90. The van der Waals surface area contributed by atoms with Gasteiger partial charge in [-0.3, -0.25) is 4.98 Å². The van der Waals surface area contributed by atoms with Crippen molar-refractivity contribution in [3.8, 4) is 0 Å². The van der Waals surface area contributed by atoms with Crippen molar-refractivity contribution in [1.29, 1.82) is 0 Å². The summed E-state index contributed by atoms with van der Waals surface area (Å²) in [5.41, 5.74) is 2.02. The van der Waals surface area contributed by atoms with Gasteiger partial charge in [-0.25, -0.2) is 4.98 Å². The molecule has 0 spiro atoms. The van der Waals surface area contributed by atoms with Crippen LogP contribution in [-0.2, 0) is 0 Å². The fraction of sp³-hybridized carbons (Fsp3) is 0.692. The van der Waals surface area contributed by atoms with Crippen molar-refractivity contribution in [1.82, 2.24) is 15.3 Å². The van der Waals surface area contributed by atoms with Crippen LogP contribution in [0.4, 0.5) is 5.82 Å². The van der Waals surface area contributed by atoms with Gasteiger partial charge in [0, 0.05) is 6.54 Å². The highest BCUT2D eigenvalue weighted by Crippen LogP contribution is 2.14. The number of nitrogens with one attached hydrogen (secondary N) is 2. The molecule has 1 atom stereocenters. The molecule has 4 nitrogen and oxygen atoms in total. The third-order valence-electron chi connectivity index (χ3n) is 3.45. The molecule has 1 unspecified atom stereocenters. The zero-order chi connectivity index (χ0) is 12.1. The van der Waals surface area contributed by atoms with Gasteiger partial charge in [-0.1, -0.05) is 0 Å². The molecule has 0 aliphatic carbocycles. The van der Waals surface area contributed by atoms with Crippen LogP contribution >= 0.6 is 0 Å². The van der Waals surface area contributed by atoms with Crippen LogP contribution < -0.4 is 10.6 Å². The minimum atomic E-state index is 0.816. The summed E-state index contributed by atoms with van der Waals surface area (Å²) in [6.07, 6.45) is 5.70. The third kappa shape index (κ3) is 3.66. The van der Waals surface area contributed by atoms with E-state index in [1.807, 2.05) is 20.0 Å². The van der Waals surface area contributed by atoms with E-state index in [0.29, 0.717) is 0 Å². The molecule has 17 heavy (non-hydrogen) atoms. The standard InChI is InChI=1S/C13H22N4/c1-10-11(2)17-13(9-16-10)15-7-5-12-4-3-6-14-8-12/h9,12,14H,3-8H2,1-2H3,(H,15,17). The van der Waals surface area contributed by atoms with Gasteiger partial charge in [0.05, 0.1) is 17.6 Å². The largest absolute Gasteiger partial charge is 0.369 e. The molecule has 0 amide bonds. The first-order chi connectivity index (χ1) is 8.25. The number of hydrogen-bond donors (Lipinski definition) is 2.